The first-order valence-corrected chi connectivity index (χ1v) is 13.4. The van der Waals surface area contributed by atoms with Crippen molar-refractivity contribution in [1.29, 1.82) is 0 Å². The Labute approximate surface area is 230 Å². The van der Waals surface area contributed by atoms with Gasteiger partial charge in [0.2, 0.25) is 23.5 Å². The van der Waals surface area contributed by atoms with Crippen molar-refractivity contribution in [3.63, 3.8) is 0 Å². The maximum absolute atomic E-state index is 13.3. The average Bonchev–Trinajstić information content (AvgIpc) is 2.88. The Morgan fingerprint density at radius 2 is 1.56 bits per heavy atom. The van der Waals surface area contributed by atoms with Crippen LogP contribution in [-0.2, 0) is 35.3 Å². The SMILES string of the molecule is CC(C)CC(NC(=O)[C@@H](NC(=O)CN1CCOCC1)C(C)(C)C)C(=O)NCC(=O)C(=O)NCc1ccccc1. The molecule has 1 aromatic carbocycles. The van der Waals surface area contributed by atoms with Crippen LogP contribution in [0.25, 0.3) is 0 Å². The summed E-state index contributed by atoms with van der Waals surface area (Å²) < 4.78 is 5.31. The van der Waals surface area contributed by atoms with Gasteiger partial charge in [0.15, 0.2) is 0 Å². The van der Waals surface area contributed by atoms with Gasteiger partial charge >= 0.3 is 0 Å². The number of benzene rings is 1. The van der Waals surface area contributed by atoms with Gasteiger partial charge in [-0.25, -0.2) is 0 Å². The van der Waals surface area contributed by atoms with Crippen LogP contribution >= 0.6 is 0 Å². The average molecular weight is 546 g/mol. The zero-order valence-corrected chi connectivity index (χ0v) is 23.7. The van der Waals surface area contributed by atoms with E-state index in [1.54, 1.807) is 0 Å². The molecule has 0 saturated carbocycles. The van der Waals surface area contributed by atoms with Gasteiger partial charge in [-0.05, 0) is 23.3 Å². The number of rotatable bonds is 13. The molecule has 0 radical (unpaired) electrons. The smallest absolute Gasteiger partial charge is 0.289 e. The standard InChI is InChI=1S/C28H43N5O6/c1-19(2)15-21(25(36)30-17-22(34)26(37)29-16-20-9-7-6-8-10-20)31-27(38)24(28(3,4)5)32-23(35)18-33-11-13-39-14-12-33/h6-10,19,21,24H,11-18H2,1-5H3,(H,29,37)(H,30,36)(H,31,38)(H,32,35)/t21?,24-/m1/s1. The molecule has 216 valence electrons. The Morgan fingerprint density at radius 3 is 2.15 bits per heavy atom. The lowest BCUT2D eigenvalue weighted by Gasteiger charge is -2.33. The first-order valence-electron chi connectivity index (χ1n) is 13.4. The van der Waals surface area contributed by atoms with Gasteiger partial charge in [-0.15, -0.1) is 0 Å². The monoisotopic (exact) mass is 545 g/mol. The Hall–Kier alpha value is -3.31. The molecule has 1 aliphatic heterocycles. The summed E-state index contributed by atoms with van der Waals surface area (Å²) in [5.41, 5.74) is 0.212. The molecule has 1 unspecified atom stereocenters. The predicted molar refractivity (Wildman–Crippen MR) is 146 cm³/mol. The molecular weight excluding hydrogens is 502 g/mol. The topological polar surface area (TPSA) is 146 Å². The molecule has 0 aromatic heterocycles. The fourth-order valence-electron chi connectivity index (χ4n) is 4.05. The lowest BCUT2D eigenvalue weighted by atomic mass is 9.85. The third kappa shape index (κ3) is 11.5. The van der Waals surface area contributed by atoms with E-state index in [2.05, 4.69) is 21.3 Å². The summed E-state index contributed by atoms with van der Waals surface area (Å²) in [7, 11) is 0. The van der Waals surface area contributed by atoms with Crippen LogP contribution in [0.3, 0.4) is 0 Å². The molecule has 4 N–H and O–H groups in total. The number of carbonyl (C=O) groups excluding carboxylic acids is 5. The largest absolute Gasteiger partial charge is 0.379 e. The predicted octanol–water partition coefficient (Wildman–Crippen LogP) is 0.382. The Bertz CT molecular complexity index is 986. The van der Waals surface area contributed by atoms with E-state index in [1.807, 2.05) is 69.9 Å². The second-order valence-corrected chi connectivity index (χ2v) is 11.3. The van der Waals surface area contributed by atoms with Crippen molar-refractivity contribution in [2.75, 3.05) is 39.4 Å². The number of Topliss-reactive ketones (excluding diaryl/α,β-unsaturated/α-hetero) is 1. The van der Waals surface area contributed by atoms with Crippen LogP contribution in [0.2, 0.25) is 0 Å². The quantitative estimate of drug-likeness (QED) is 0.262. The maximum Gasteiger partial charge on any atom is 0.289 e. The highest BCUT2D eigenvalue weighted by Gasteiger charge is 2.35. The van der Waals surface area contributed by atoms with Gasteiger partial charge in [-0.2, -0.15) is 0 Å². The molecule has 1 aromatic rings. The van der Waals surface area contributed by atoms with Crippen molar-refractivity contribution >= 4 is 29.4 Å². The molecule has 39 heavy (non-hydrogen) atoms. The van der Waals surface area contributed by atoms with Crippen molar-refractivity contribution in [3.05, 3.63) is 35.9 Å². The molecule has 2 rings (SSSR count). The highest BCUT2D eigenvalue weighted by atomic mass is 16.5. The van der Waals surface area contributed by atoms with E-state index >= 15 is 0 Å². The van der Waals surface area contributed by atoms with Crippen molar-refractivity contribution in [1.82, 2.24) is 26.2 Å². The highest BCUT2D eigenvalue weighted by Crippen LogP contribution is 2.20. The first kappa shape index (κ1) is 31.9. The van der Waals surface area contributed by atoms with Crippen molar-refractivity contribution in [2.24, 2.45) is 11.3 Å². The van der Waals surface area contributed by atoms with Gasteiger partial charge < -0.3 is 26.0 Å². The van der Waals surface area contributed by atoms with Gasteiger partial charge in [0.05, 0.1) is 26.3 Å². The Kier molecular flexibility index (Phi) is 12.5. The summed E-state index contributed by atoms with van der Waals surface area (Å²) in [6.45, 7) is 11.5. The molecule has 11 nitrogen and oxygen atoms in total. The summed E-state index contributed by atoms with van der Waals surface area (Å²) in [6, 6.07) is 7.31. The molecule has 0 bridgehead atoms. The lowest BCUT2D eigenvalue weighted by molar-refractivity contribution is -0.138. The van der Waals surface area contributed by atoms with Crippen LogP contribution in [0.1, 0.15) is 46.6 Å². The van der Waals surface area contributed by atoms with Crippen molar-refractivity contribution in [3.8, 4) is 0 Å². The number of nitrogens with zero attached hydrogens (tertiary/aromatic N) is 1. The summed E-state index contributed by atoms with van der Waals surface area (Å²) >= 11 is 0. The van der Waals surface area contributed by atoms with E-state index in [-0.39, 0.29) is 24.9 Å². The summed E-state index contributed by atoms with van der Waals surface area (Å²) in [5.74, 6) is -2.91. The minimum absolute atomic E-state index is 0.0509. The fourth-order valence-corrected chi connectivity index (χ4v) is 4.05. The van der Waals surface area contributed by atoms with E-state index < -0.39 is 47.5 Å². The third-order valence-electron chi connectivity index (χ3n) is 6.22. The van der Waals surface area contributed by atoms with Crippen LogP contribution in [0, 0.1) is 11.3 Å². The number of carbonyl (C=O) groups is 5. The van der Waals surface area contributed by atoms with Gasteiger partial charge in [0.25, 0.3) is 5.91 Å². The van der Waals surface area contributed by atoms with Crippen LogP contribution in [-0.4, -0.2) is 85.8 Å². The van der Waals surface area contributed by atoms with Crippen LogP contribution < -0.4 is 21.3 Å². The molecule has 1 fully saturated rings. The number of ketones is 1. The van der Waals surface area contributed by atoms with E-state index in [0.717, 1.165) is 5.56 Å². The van der Waals surface area contributed by atoms with E-state index in [4.69, 9.17) is 4.74 Å². The molecule has 0 aliphatic carbocycles. The molecule has 1 heterocycles. The minimum Gasteiger partial charge on any atom is -0.379 e. The van der Waals surface area contributed by atoms with E-state index in [9.17, 15) is 24.0 Å². The number of ether oxygens (including phenoxy) is 1. The number of hydrogen-bond acceptors (Lipinski definition) is 7. The van der Waals surface area contributed by atoms with Gasteiger partial charge in [0.1, 0.15) is 12.1 Å². The minimum atomic E-state index is -0.946. The van der Waals surface area contributed by atoms with Gasteiger partial charge in [0, 0.05) is 19.6 Å². The second-order valence-electron chi connectivity index (χ2n) is 11.3. The molecule has 4 amide bonds. The van der Waals surface area contributed by atoms with Crippen molar-refractivity contribution < 1.29 is 28.7 Å². The zero-order valence-electron chi connectivity index (χ0n) is 23.7. The summed E-state index contributed by atoms with van der Waals surface area (Å²) in [5, 5.41) is 10.6. The number of amides is 4. The lowest BCUT2D eigenvalue weighted by Crippen LogP contribution is -2.59. The summed E-state index contributed by atoms with van der Waals surface area (Å²) in [4.78, 5) is 65.4. The van der Waals surface area contributed by atoms with E-state index in [1.165, 1.54) is 0 Å². The fraction of sp³-hybridized carbons (Fsp3) is 0.607. The second kappa shape index (κ2) is 15.3. The molecule has 11 heteroatoms. The van der Waals surface area contributed by atoms with Gasteiger partial charge in [-0.3, -0.25) is 28.9 Å². The third-order valence-corrected chi connectivity index (χ3v) is 6.22. The van der Waals surface area contributed by atoms with Gasteiger partial charge in [-0.1, -0.05) is 65.0 Å². The maximum atomic E-state index is 13.3. The number of nitrogens with one attached hydrogen (secondary N) is 4. The molecular formula is C28H43N5O6. The first-order chi connectivity index (χ1) is 18.4. The summed E-state index contributed by atoms with van der Waals surface area (Å²) in [6.07, 6.45) is 0.310. The molecule has 1 aliphatic rings. The number of hydrogen-bond donors (Lipinski definition) is 4. The molecule has 1 saturated heterocycles. The Morgan fingerprint density at radius 1 is 0.923 bits per heavy atom. The molecule has 0 spiro atoms. The van der Waals surface area contributed by atoms with E-state index in [0.29, 0.717) is 32.7 Å². The van der Waals surface area contributed by atoms with Crippen LogP contribution in [0.5, 0.6) is 0 Å². The normalized spacial score (nSPS) is 15.6. The van der Waals surface area contributed by atoms with Crippen LogP contribution in [0.15, 0.2) is 30.3 Å². The number of morpholine rings is 1. The van der Waals surface area contributed by atoms with Crippen molar-refractivity contribution in [2.45, 2.75) is 59.7 Å². The zero-order chi connectivity index (χ0) is 29.0. The van der Waals surface area contributed by atoms with Crippen LogP contribution in [0.4, 0.5) is 0 Å². The Balaban J connectivity index is 1.95. The molecule has 2 atom stereocenters. The highest BCUT2D eigenvalue weighted by molar-refractivity contribution is 6.37.